The summed E-state index contributed by atoms with van der Waals surface area (Å²) in [6, 6.07) is 10.2. The van der Waals surface area contributed by atoms with Gasteiger partial charge in [-0.2, -0.15) is 10.3 Å². The van der Waals surface area contributed by atoms with Crippen molar-refractivity contribution < 1.29 is 9.53 Å². The highest BCUT2D eigenvalue weighted by Gasteiger charge is 2.57. The normalized spacial score (nSPS) is 34.3. The van der Waals surface area contributed by atoms with Gasteiger partial charge in [0.1, 0.15) is 12.4 Å². The molecule has 142 valence electrons. The maximum absolute atomic E-state index is 12.1. The molecule has 2 atom stereocenters. The van der Waals surface area contributed by atoms with E-state index in [1.54, 1.807) is 0 Å². The molecule has 0 aromatic heterocycles. The van der Waals surface area contributed by atoms with Crippen molar-refractivity contribution in [1.82, 2.24) is 5.32 Å². The van der Waals surface area contributed by atoms with Crippen molar-refractivity contribution in [1.29, 1.82) is 5.26 Å². The molecule has 0 aliphatic heterocycles. The van der Waals surface area contributed by atoms with Gasteiger partial charge >= 0.3 is 0 Å². The van der Waals surface area contributed by atoms with Gasteiger partial charge < -0.3 is 15.8 Å². The zero-order chi connectivity index (χ0) is 18.9. The summed E-state index contributed by atoms with van der Waals surface area (Å²) in [4.78, 5) is 16.0. The monoisotopic (exact) mass is 366 g/mol. The largest absolute Gasteiger partial charge is 0.369 e. The lowest BCUT2D eigenvalue weighted by molar-refractivity contribution is -0.145. The van der Waals surface area contributed by atoms with Gasteiger partial charge in [-0.1, -0.05) is 30.3 Å². The number of nitriles is 1. The van der Waals surface area contributed by atoms with Gasteiger partial charge in [0.25, 0.3) is 0 Å². The molecule has 5 rings (SSSR count). The van der Waals surface area contributed by atoms with Crippen molar-refractivity contribution in [3.63, 3.8) is 0 Å². The van der Waals surface area contributed by atoms with Crippen LogP contribution in [0.15, 0.2) is 35.3 Å². The minimum Gasteiger partial charge on any atom is -0.369 e. The quantitative estimate of drug-likeness (QED) is 0.458. The summed E-state index contributed by atoms with van der Waals surface area (Å²) in [6.45, 7) is 0.764. The van der Waals surface area contributed by atoms with Gasteiger partial charge in [-0.25, -0.2) is 0 Å². The Kier molecular flexibility index (Phi) is 4.88. The molecule has 4 fully saturated rings. The smallest absolute Gasteiger partial charge is 0.223 e. The number of nitrogens with one attached hydrogen (secondary N) is 1. The third-order valence-corrected chi connectivity index (χ3v) is 6.66. The van der Waals surface area contributed by atoms with Gasteiger partial charge in [-0.3, -0.25) is 4.79 Å². The summed E-state index contributed by atoms with van der Waals surface area (Å²) < 4.78 is 5.77. The molecular formula is C21H26N4O2. The van der Waals surface area contributed by atoms with Gasteiger partial charge in [-0.05, 0) is 55.4 Å². The minimum atomic E-state index is -0.301. The van der Waals surface area contributed by atoms with Gasteiger partial charge in [-0.15, -0.1) is 0 Å². The van der Waals surface area contributed by atoms with E-state index in [4.69, 9.17) is 15.7 Å². The number of carbonyl (C=O) groups excluding carboxylic acids is 1. The number of carbonyl (C=O) groups is 1. The first-order chi connectivity index (χ1) is 13.1. The van der Waals surface area contributed by atoms with Crippen LogP contribution in [0.1, 0.15) is 37.7 Å². The van der Waals surface area contributed by atoms with Crippen molar-refractivity contribution in [2.24, 2.45) is 33.9 Å². The summed E-state index contributed by atoms with van der Waals surface area (Å²) in [5.74, 6) is 1.90. The van der Waals surface area contributed by atoms with Crippen LogP contribution in [0.3, 0.4) is 0 Å². The van der Waals surface area contributed by atoms with Crippen LogP contribution in [0.25, 0.3) is 0 Å². The Morgan fingerprint density at radius 1 is 1.26 bits per heavy atom. The lowest BCUT2D eigenvalue weighted by Gasteiger charge is -2.59. The molecule has 27 heavy (non-hydrogen) atoms. The van der Waals surface area contributed by atoms with E-state index in [1.165, 1.54) is 0 Å². The number of rotatable bonds is 6. The molecule has 4 bridgehead atoms. The van der Waals surface area contributed by atoms with E-state index >= 15 is 0 Å². The maximum Gasteiger partial charge on any atom is 0.223 e. The van der Waals surface area contributed by atoms with Crippen molar-refractivity contribution >= 4 is 11.7 Å². The molecule has 6 heteroatoms. The lowest BCUT2D eigenvalue weighted by atomic mass is 9.47. The number of nitrogens with zero attached hydrogens (tertiary/aromatic N) is 2. The molecule has 0 heterocycles. The fourth-order valence-corrected chi connectivity index (χ4v) is 5.76. The summed E-state index contributed by atoms with van der Waals surface area (Å²) in [5.41, 5.74) is 6.55. The van der Waals surface area contributed by atoms with Crippen LogP contribution in [0.4, 0.5) is 0 Å². The number of benzene rings is 1. The number of hydrogen-bond donors (Lipinski definition) is 2. The number of aliphatic imine (C=N–C) groups is 1. The molecule has 0 spiro atoms. The maximum atomic E-state index is 12.1. The topological polar surface area (TPSA) is 100 Å². The van der Waals surface area contributed by atoms with Gasteiger partial charge in [0.15, 0.2) is 0 Å². The Morgan fingerprint density at radius 2 is 1.96 bits per heavy atom. The molecule has 0 saturated heterocycles. The molecule has 4 aliphatic rings. The van der Waals surface area contributed by atoms with Gasteiger partial charge in [0.2, 0.25) is 12.1 Å². The first-order valence-corrected chi connectivity index (χ1v) is 9.73. The molecule has 1 aromatic carbocycles. The zero-order valence-corrected chi connectivity index (χ0v) is 15.4. The first kappa shape index (κ1) is 18.0. The average molecular weight is 366 g/mol. The van der Waals surface area contributed by atoms with Gasteiger partial charge in [0, 0.05) is 11.5 Å². The average Bonchev–Trinajstić information content (AvgIpc) is 2.65. The Balaban J connectivity index is 1.39. The molecule has 4 saturated carbocycles. The fourth-order valence-electron chi connectivity index (χ4n) is 5.76. The molecule has 4 aliphatic carbocycles. The van der Waals surface area contributed by atoms with E-state index < -0.39 is 0 Å². The highest BCUT2D eigenvalue weighted by atomic mass is 16.5. The van der Waals surface area contributed by atoms with E-state index in [-0.39, 0.29) is 24.0 Å². The predicted molar refractivity (Wildman–Crippen MR) is 101 cm³/mol. The highest BCUT2D eigenvalue weighted by Crippen LogP contribution is 2.59. The third kappa shape index (κ3) is 3.57. The van der Waals surface area contributed by atoms with Crippen molar-refractivity contribution in [3.8, 4) is 6.19 Å². The number of hydrogen-bond acceptors (Lipinski definition) is 4. The Hall–Kier alpha value is -2.39. The van der Waals surface area contributed by atoms with E-state index in [1.807, 2.05) is 36.5 Å². The summed E-state index contributed by atoms with van der Waals surface area (Å²) in [6.07, 6.45) is 6.83. The standard InChI is InChI=1S/C21H26N4O2/c22-13-24-18(12-27-11-14-4-2-1-3-5-14)25-19-16-6-15-7-17(19)10-21(8-15,9-16)20(23)26/h1-5,15-17,19H,6-12H2,(H2,23,26)(H,24,25). The second-order valence-electron chi connectivity index (χ2n) is 8.42. The summed E-state index contributed by atoms with van der Waals surface area (Å²) in [7, 11) is 0. The van der Waals surface area contributed by atoms with Crippen molar-refractivity contribution in [2.75, 3.05) is 6.61 Å². The van der Waals surface area contributed by atoms with Crippen LogP contribution in [-0.2, 0) is 16.1 Å². The lowest BCUT2D eigenvalue weighted by Crippen LogP contribution is -2.62. The summed E-state index contributed by atoms with van der Waals surface area (Å²) in [5, 5.41) is 12.5. The predicted octanol–water partition coefficient (Wildman–Crippen LogP) is 2.35. The van der Waals surface area contributed by atoms with E-state index in [2.05, 4.69) is 10.3 Å². The van der Waals surface area contributed by atoms with E-state index in [9.17, 15) is 4.79 Å². The highest BCUT2D eigenvalue weighted by molar-refractivity contribution is 5.85. The Labute approximate surface area is 159 Å². The molecule has 1 aromatic rings. The molecule has 3 N–H and O–H groups in total. The number of primary amides is 1. The Morgan fingerprint density at radius 3 is 2.59 bits per heavy atom. The molecule has 6 nitrogen and oxygen atoms in total. The number of nitrogens with two attached hydrogens (primary N) is 1. The number of ether oxygens (including phenoxy) is 1. The van der Waals surface area contributed by atoms with Crippen molar-refractivity contribution in [3.05, 3.63) is 35.9 Å². The summed E-state index contributed by atoms with van der Waals surface area (Å²) >= 11 is 0. The zero-order valence-electron chi connectivity index (χ0n) is 15.4. The molecule has 1 amide bonds. The minimum absolute atomic E-state index is 0.127. The second kappa shape index (κ2) is 7.32. The fraction of sp³-hybridized carbons (Fsp3) is 0.571. The van der Waals surface area contributed by atoms with Crippen molar-refractivity contribution in [2.45, 2.75) is 44.8 Å². The van der Waals surface area contributed by atoms with Crippen LogP contribution >= 0.6 is 0 Å². The van der Waals surface area contributed by atoms with Crippen LogP contribution in [0.5, 0.6) is 0 Å². The third-order valence-electron chi connectivity index (χ3n) is 6.66. The number of amidine groups is 1. The molecule has 2 unspecified atom stereocenters. The van der Waals surface area contributed by atoms with Crippen LogP contribution < -0.4 is 11.1 Å². The second-order valence-corrected chi connectivity index (χ2v) is 8.42. The van der Waals surface area contributed by atoms with Crippen LogP contribution in [-0.4, -0.2) is 24.4 Å². The van der Waals surface area contributed by atoms with Crippen LogP contribution in [0, 0.1) is 34.6 Å². The first-order valence-electron chi connectivity index (χ1n) is 9.73. The van der Waals surface area contributed by atoms with E-state index in [0.717, 1.165) is 37.7 Å². The van der Waals surface area contributed by atoms with E-state index in [0.29, 0.717) is 30.2 Å². The van der Waals surface area contributed by atoms with Crippen LogP contribution in [0.2, 0.25) is 0 Å². The van der Waals surface area contributed by atoms with Gasteiger partial charge in [0.05, 0.1) is 6.61 Å². The SMILES string of the molecule is N#C/N=C(\COCc1ccccc1)NC1C2CC3CC1CC(C(N)=O)(C3)C2. The number of amides is 1. The molecule has 0 radical (unpaired) electrons. The Bertz CT molecular complexity index is 754. The molecular weight excluding hydrogens is 340 g/mol.